The Hall–Kier alpha value is -0.910. The maximum Gasteiger partial charge on any atom is 0.224 e. The summed E-state index contributed by atoms with van der Waals surface area (Å²) in [4.78, 5) is 11.0. The Balaban J connectivity index is 1.75. The van der Waals surface area contributed by atoms with Gasteiger partial charge in [-0.05, 0) is 45.0 Å². The molecule has 106 valence electrons. The average Bonchev–Trinajstić information content (AvgIpc) is 2.87. The van der Waals surface area contributed by atoms with Crippen molar-refractivity contribution in [3.63, 3.8) is 0 Å². The lowest BCUT2D eigenvalue weighted by Crippen LogP contribution is -2.22. The minimum absolute atomic E-state index is 0.448. The summed E-state index contributed by atoms with van der Waals surface area (Å²) in [7, 11) is 1.64. The molecule has 1 aromatic rings. The predicted molar refractivity (Wildman–Crippen MR) is 76.5 cm³/mol. The quantitative estimate of drug-likeness (QED) is 0.614. The van der Waals surface area contributed by atoms with E-state index in [1.54, 1.807) is 13.2 Å². The van der Waals surface area contributed by atoms with Crippen molar-refractivity contribution in [2.45, 2.75) is 25.9 Å². The van der Waals surface area contributed by atoms with E-state index in [4.69, 9.17) is 16.3 Å². The van der Waals surface area contributed by atoms with Crippen molar-refractivity contribution >= 4 is 17.5 Å². The molecule has 1 aliphatic heterocycles. The number of nitrogens with one attached hydrogen (secondary N) is 1. The van der Waals surface area contributed by atoms with Crippen LogP contribution < -0.4 is 5.32 Å². The Morgan fingerprint density at radius 1 is 1.37 bits per heavy atom. The first-order valence-corrected chi connectivity index (χ1v) is 7.14. The molecule has 0 unspecified atom stereocenters. The molecule has 2 heterocycles. The summed E-state index contributed by atoms with van der Waals surface area (Å²) < 4.78 is 5.05. The molecule has 0 radical (unpaired) electrons. The highest BCUT2D eigenvalue weighted by atomic mass is 35.5. The molecule has 1 N–H and O–H groups in total. The number of ether oxygens (including phenoxy) is 1. The van der Waals surface area contributed by atoms with Gasteiger partial charge in [0.25, 0.3) is 0 Å². The largest absolute Gasteiger partial charge is 0.378 e. The van der Waals surface area contributed by atoms with Gasteiger partial charge in [-0.3, -0.25) is 0 Å². The van der Waals surface area contributed by atoms with Crippen LogP contribution in [0.25, 0.3) is 0 Å². The number of hydrogen-bond acceptors (Lipinski definition) is 5. The number of hydrogen-bond donors (Lipinski definition) is 1. The summed E-state index contributed by atoms with van der Waals surface area (Å²) in [5, 5.41) is 3.67. The molecule has 1 saturated heterocycles. The molecule has 19 heavy (non-hydrogen) atoms. The molecule has 0 amide bonds. The van der Waals surface area contributed by atoms with Crippen LogP contribution in [-0.4, -0.2) is 48.2 Å². The zero-order valence-electron chi connectivity index (χ0n) is 11.4. The molecule has 1 aliphatic rings. The fourth-order valence-electron chi connectivity index (χ4n) is 2.27. The first-order valence-electron chi connectivity index (χ1n) is 6.76. The zero-order valence-corrected chi connectivity index (χ0v) is 12.1. The van der Waals surface area contributed by atoms with Crippen molar-refractivity contribution in [2.24, 2.45) is 0 Å². The molecule has 1 fully saturated rings. The van der Waals surface area contributed by atoms with Gasteiger partial charge < -0.3 is 15.0 Å². The van der Waals surface area contributed by atoms with E-state index < -0.39 is 0 Å². The highest BCUT2D eigenvalue weighted by molar-refractivity contribution is 6.29. The van der Waals surface area contributed by atoms with E-state index in [9.17, 15) is 0 Å². The summed E-state index contributed by atoms with van der Waals surface area (Å²) in [5.74, 6) is 0.584. The summed E-state index contributed by atoms with van der Waals surface area (Å²) in [6.45, 7) is 4.93. The molecule has 0 bridgehead atoms. The maximum absolute atomic E-state index is 5.95. The van der Waals surface area contributed by atoms with Gasteiger partial charge in [0.1, 0.15) is 5.15 Å². The number of rotatable bonds is 7. The molecule has 0 saturated carbocycles. The van der Waals surface area contributed by atoms with E-state index in [1.807, 2.05) is 0 Å². The normalized spacial score (nSPS) is 15.9. The number of halogens is 1. The second-order valence-electron chi connectivity index (χ2n) is 4.77. The van der Waals surface area contributed by atoms with Gasteiger partial charge in [0.15, 0.2) is 0 Å². The van der Waals surface area contributed by atoms with Crippen molar-refractivity contribution in [1.29, 1.82) is 0 Å². The van der Waals surface area contributed by atoms with E-state index in [-0.39, 0.29) is 0 Å². The van der Waals surface area contributed by atoms with Crippen LogP contribution in [0.4, 0.5) is 5.95 Å². The topological polar surface area (TPSA) is 50.3 Å². The highest BCUT2D eigenvalue weighted by Crippen LogP contribution is 2.11. The van der Waals surface area contributed by atoms with Crippen molar-refractivity contribution < 1.29 is 4.74 Å². The van der Waals surface area contributed by atoms with Crippen LogP contribution in [-0.2, 0) is 11.3 Å². The SMILES string of the molecule is COCc1cc(Cl)nc(NCCCN2CCCC2)n1. The maximum atomic E-state index is 5.95. The minimum atomic E-state index is 0.448. The summed E-state index contributed by atoms with van der Waals surface area (Å²) >= 11 is 5.95. The van der Waals surface area contributed by atoms with Crippen LogP contribution in [0.15, 0.2) is 6.07 Å². The smallest absolute Gasteiger partial charge is 0.224 e. The Morgan fingerprint density at radius 3 is 2.89 bits per heavy atom. The lowest BCUT2D eigenvalue weighted by molar-refractivity contribution is 0.181. The molecular weight excluding hydrogens is 264 g/mol. The van der Waals surface area contributed by atoms with E-state index in [0.717, 1.165) is 25.2 Å². The van der Waals surface area contributed by atoms with Gasteiger partial charge in [0, 0.05) is 13.7 Å². The molecule has 6 heteroatoms. The molecular formula is C13H21ClN4O. The van der Waals surface area contributed by atoms with Crippen molar-refractivity contribution in [1.82, 2.24) is 14.9 Å². The first-order chi connectivity index (χ1) is 9.28. The molecule has 0 aromatic carbocycles. The predicted octanol–water partition coefficient (Wildman–Crippen LogP) is 2.17. The van der Waals surface area contributed by atoms with Gasteiger partial charge in [-0.25, -0.2) is 9.97 Å². The van der Waals surface area contributed by atoms with Crippen molar-refractivity contribution in [3.05, 3.63) is 16.9 Å². The first kappa shape index (κ1) is 14.5. The molecule has 0 aliphatic carbocycles. The van der Waals surface area contributed by atoms with E-state index in [2.05, 4.69) is 20.2 Å². The lowest BCUT2D eigenvalue weighted by Gasteiger charge is -2.14. The van der Waals surface area contributed by atoms with Gasteiger partial charge in [-0.15, -0.1) is 0 Å². The van der Waals surface area contributed by atoms with Gasteiger partial charge in [0.2, 0.25) is 5.95 Å². The third kappa shape index (κ3) is 4.93. The number of methoxy groups -OCH3 is 1. The summed E-state index contributed by atoms with van der Waals surface area (Å²) in [6.07, 6.45) is 3.77. The van der Waals surface area contributed by atoms with Crippen LogP contribution in [0, 0.1) is 0 Å². The lowest BCUT2D eigenvalue weighted by atomic mass is 10.4. The van der Waals surface area contributed by atoms with Crippen LogP contribution in [0.2, 0.25) is 5.15 Å². The summed E-state index contributed by atoms with van der Waals surface area (Å²) in [6, 6.07) is 1.72. The Bertz CT molecular complexity index is 396. The number of aromatic nitrogens is 2. The third-order valence-electron chi connectivity index (χ3n) is 3.17. The van der Waals surface area contributed by atoms with Gasteiger partial charge in [-0.2, -0.15) is 0 Å². The second kappa shape index (κ2) is 7.62. The van der Waals surface area contributed by atoms with Crippen molar-refractivity contribution in [2.75, 3.05) is 38.6 Å². The van der Waals surface area contributed by atoms with Gasteiger partial charge in [0.05, 0.1) is 12.3 Å². The standard InChI is InChI=1S/C13H21ClN4O/c1-19-10-11-9-12(14)17-13(16-11)15-5-4-8-18-6-2-3-7-18/h9H,2-8,10H2,1H3,(H,15,16,17). The molecule has 2 rings (SSSR count). The average molecular weight is 285 g/mol. The summed E-state index contributed by atoms with van der Waals surface area (Å²) in [5.41, 5.74) is 0.796. The van der Waals surface area contributed by atoms with Gasteiger partial charge in [-0.1, -0.05) is 11.6 Å². The van der Waals surface area contributed by atoms with E-state index >= 15 is 0 Å². The van der Waals surface area contributed by atoms with Crippen LogP contribution in [0.1, 0.15) is 25.0 Å². The number of anilines is 1. The van der Waals surface area contributed by atoms with Crippen LogP contribution in [0.5, 0.6) is 0 Å². The fourth-order valence-corrected chi connectivity index (χ4v) is 2.48. The molecule has 1 aromatic heterocycles. The Kier molecular flexibility index (Phi) is 5.82. The Labute approximate surface area is 119 Å². The van der Waals surface area contributed by atoms with E-state index in [1.165, 1.54) is 25.9 Å². The number of likely N-dealkylation sites (tertiary alicyclic amines) is 1. The monoisotopic (exact) mass is 284 g/mol. The number of nitrogens with zero attached hydrogens (tertiary/aromatic N) is 3. The third-order valence-corrected chi connectivity index (χ3v) is 3.37. The molecule has 5 nitrogen and oxygen atoms in total. The Morgan fingerprint density at radius 2 is 2.16 bits per heavy atom. The molecule has 0 atom stereocenters. The minimum Gasteiger partial charge on any atom is -0.378 e. The van der Waals surface area contributed by atoms with E-state index in [0.29, 0.717) is 17.7 Å². The van der Waals surface area contributed by atoms with Crippen LogP contribution in [0.3, 0.4) is 0 Å². The van der Waals surface area contributed by atoms with Gasteiger partial charge >= 0.3 is 0 Å². The fraction of sp³-hybridized carbons (Fsp3) is 0.692. The van der Waals surface area contributed by atoms with Crippen molar-refractivity contribution in [3.8, 4) is 0 Å². The zero-order chi connectivity index (χ0) is 13.5. The molecule has 0 spiro atoms. The highest BCUT2D eigenvalue weighted by Gasteiger charge is 2.10. The second-order valence-corrected chi connectivity index (χ2v) is 5.15. The van der Waals surface area contributed by atoms with Crippen LogP contribution >= 0.6 is 11.6 Å².